The van der Waals surface area contributed by atoms with Gasteiger partial charge in [0.15, 0.2) is 0 Å². The highest BCUT2D eigenvalue weighted by Crippen LogP contribution is 2.33. The quantitative estimate of drug-likeness (QED) is 0.920. The van der Waals surface area contributed by atoms with Gasteiger partial charge in [0.25, 0.3) is 0 Å². The number of nitrogens with two attached hydrogens (primary N) is 1. The third-order valence-electron chi connectivity index (χ3n) is 3.73. The molecule has 0 aliphatic heterocycles. The fourth-order valence-corrected chi connectivity index (χ4v) is 2.63. The van der Waals surface area contributed by atoms with Gasteiger partial charge in [-0.05, 0) is 43.9 Å². The molecule has 20 heavy (non-hydrogen) atoms. The van der Waals surface area contributed by atoms with Crippen LogP contribution in [-0.4, -0.2) is 16.2 Å². The highest BCUT2D eigenvalue weighted by atomic mass is 35.5. The van der Waals surface area contributed by atoms with E-state index < -0.39 is 5.82 Å². The maximum Gasteiger partial charge on any atom is 0.247 e. The first-order valence-corrected chi connectivity index (χ1v) is 7.05. The van der Waals surface area contributed by atoms with Gasteiger partial charge in [-0.1, -0.05) is 11.6 Å². The molecule has 1 aromatic heterocycles. The van der Waals surface area contributed by atoms with Gasteiger partial charge >= 0.3 is 0 Å². The number of hydrogen-bond acceptors (Lipinski definition) is 4. The van der Waals surface area contributed by atoms with Crippen molar-refractivity contribution in [3.05, 3.63) is 34.9 Å². The lowest BCUT2D eigenvalue weighted by molar-refractivity contribution is 0.341. The summed E-state index contributed by atoms with van der Waals surface area (Å²) in [5.41, 5.74) is 6.42. The van der Waals surface area contributed by atoms with E-state index in [4.69, 9.17) is 21.8 Å². The summed E-state index contributed by atoms with van der Waals surface area (Å²) in [5, 5.41) is 8.15. The van der Waals surface area contributed by atoms with E-state index in [1.54, 1.807) is 6.07 Å². The summed E-state index contributed by atoms with van der Waals surface area (Å²) in [6.45, 7) is 0. The first-order valence-electron chi connectivity index (χ1n) is 6.68. The predicted octanol–water partition coefficient (Wildman–Crippen LogP) is 3.51. The lowest BCUT2D eigenvalue weighted by atomic mass is 9.86. The summed E-state index contributed by atoms with van der Waals surface area (Å²) in [5.74, 6) is 0.702. The molecule has 1 aliphatic carbocycles. The molecule has 0 spiro atoms. The second kappa shape index (κ2) is 5.50. The van der Waals surface area contributed by atoms with Crippen LogP contribution in [0.3, 0.4) is 0 Å². The highest BCUT2D eigenvalue weighted by Gasteiger charge is 2.24. The molecule has 3 rings (SSSR count). The predicted molar refractivity (Wildman–Crippen MR) is 73.9 cm³/mol. The molecule has 0 saturated heterocycles. The fraction of sp³-hybridized carbons (Fsp3) is 0.429. The summed E-state index contributed by atoms with van der Waals surface area (Å²) in [4.78, 5) is 0. The molecule has 0 amide bonds. The topological polar surface area (TPSA) is 64.9 Å². The second-order valence-corrected chi connectivity index (χ2v) is 5.59. The zero-order valence-electron chi connectivity index (χ0n) is 10.9. The Kier molecular flexibility index (Phi) is 3.72. The minimum absolute atomic E-state index is 0.0785. The molecule has 1 heterocycles. The van der Waals surface area contributed by atoms with Crippen molar-refractivity contribution in [1.82, 2.24) is 10.2 Å². The van der Waals surface area contributed by atoms with Crippen LogP contribution in [0.25, 0.3) is 11.5 Å². The fourth-order valence-electron chi connectivity index (χ4n) is 2.51. The van der Waals surface area contributed by atoms with Crippen molar-refractivity contribution in [2.75, 3.05) is 0 Å². The van der Waals surface area contributed by atoms with Crippen LogP contribution in [-0.2, 0) is 0 Å². The van der Waals surface area contributed by atoms with Crippen molar-refractivity contribution in [2.24, 2.45) is 5.73 Å². The monoisotopic (exact) mass is 295 g/mol. The van der Waals surface area contributed by atoms with Gasteiger partial charge in [0.1, 0.15) is 5.82 Å². The molecule has 2 aromatic rings. The zero-order chi connectivity index (χ0) is 14.1. The van der Waals surface area contributed by atoms with Crippen LogP contribution in [0, 0.1) is 5.82 Å². The number of halogens is 2. The van der Waals surface area contributed by atoms with Crippen molar-refractivity contribution in [3.8, 4) is 11.5 Å². The Morgan fingerprint density at radius 3 is 2.65 bits per heavy atom. The summed E-state index contributed by atoms with van der Waals surface area (Å²) < 4.78 is 19.1. The Morgan fingerprint density at radius 1 is 1.20 bits per heavy atom. The summed E-state index contributed by atoms with van der Waals surface area (Å²) >= 11 is 5.66. The average molecular weight is 296 g/mol. The van der Waals surface area contributed by atoms with Crippen molar-refractivity contribution in [2.45, 2.75) is 37.6 Å². The van der Waals surface area contributed by atoms with Crippen LogP contribution < -0.4 is 5.73 Å². The first kappa shape index (κ1) is 13.5. The van der Waals surface area contributed by atoms with Crippen LogP contribution in [0.2, 0.25) is 5.02 Å². The Labute approximate surface area is 121 Å². The number of nitrogens with zero attached hydrogens (tertiary/aromatic N) is 2. The molecule has 1 aliphatic rings. The molecule has 6 heteroatoms. The number of benzene rings is 1. The second-order valence-electron chi connectivity index (χ2n) is 5.19. The van der Waals surface area contributed by atoms with E-state index in [1.807, 2.05) is 0 Å². The smallest absolute Gasteiger partial charge is 0.247 e. The molecular formula is C14H15ClFN3O. The largest absolute Gasteiger partial charge is 0.420 e. The van der Waals surface area contributed by atoms with Gasteiger partial charge in [-0.15, -0.1) is 10.2 Å². The van der Waals surface area contributed by atoms with E-state index in [0.717, 1.165) is 25.7 Å². The molecule has 1 saturated carbocycles. The molecule has 1 fully saturated rings. The number of hydrogen-bond donors (Lipinski definition) is 1. The first-order chi connectivity index (χ1) is 9.63. The van der Waals surface area contributed by atoms with E-state index >= 15 is 0 Å². The third kappa shape index (κ3) is 2.69. The third-order valence-corrected chi connectivity index (χ3v) is 4.03. The van der Waals surface area contributed by atoms with Gasteiger partial charge < -0.3 is 10.2 Å². The van der Waals surface area contributed by atoms with Crippen molar-refractivity contribution in [3.63, 3.8) is 0 Å². The van der Waals surface area contributed by atoms with Crippen LogP contribution in [0.15, 0.2) is 22.6 Å². The summed E-state index contributed by atoms with van der Waals surface area (Å²) in [6, 6.07) is 4.73. The molecule has 2 N–H and O–H groups in total. The van der Waals surface area contributed by atoms with Gasteiger partial charge in [0, 0.05) is 17.5 Å². The van der Waals surface area contributed by atoms with Crippen LogP contribution >= 0.6 is 11.6 Å². The van der Waals surface area contributed by atoms with Gasteiger partial charge in [0.05, 0.1) is 5.02 Å². The molecule has 0 atom stereocenters. The number of aromatic nitrogens is 2. The molecule has 0 radical (unpaired) electrons. The summed E-state index contributed by atoms with van der Waals surface area (Å²) in [7, 11) is 0. The Morgan fingerprint density at radius 2 is 1.95 bits per heavy atom. The van der Waals surface area contributed by atoms with Gasteiger partial charge in [-0.3, -0.25) is 0 Å². The molecule has 4 nitrogen and oxygen atoms in total. The Bertz CT molecular complexity index is 608. The van der Waals surface area contributed by atoms with Crippen LogP contribution in [0.1, 0.15) is 37.5 Å². The Hall–Kier alpha value is -1.46. The molecule has 0 unspecified atom stereocenters. The standard InChI is InChI=1S/C14H15ClFN3O/c15-11-6-3-9(7-12(11)16)14-19-18-13(20-14)8-1-4-10(17)5-2-8/h3,6-8,10H,1-2,4-5,17H2. The van der Waals surface area contributed by atoms with E-state index in [0.29, 0.717) is 17.3 Å². The van der Waals surface area contributed by atoms with E-state index in [2.05, 4.69) is 10.2 Å². The highest BCUT2D eigenvalue weighted by molar-refractivity contribution is 6.30. The van der Waals surface area contributed by atoms with Crippen LogP contribution in [0.5, 0.6) is 0 Å². The van der Waals surface area contributed by atoms with Crippen molar-refractivity contribution in [1.29, 1.82) is 0 Å². The number of rotatable bonds is 2. The SMILES string of the molecule is NC1CCC(c2nnc(-c3ccc(Cl)c(F)c3)o2)CC1. The zero-order valence-corrected chi connectivity index (χ0v) is 11.6. The van der Waals surface area contributed by atoms with Gasteiger partial charge in [-0.25, -0.2) is 4.39 Å². The lowest BCUT2D eigenvalue weighted by Gasteiger charge is -2.23. The molecule has 106 valence electrons. The van der Waals surface area contributed by atoms with E-state index in [9.17, 15) is 4.39 Å². The van der Waals surface area contributed by atoms with E-state index in [1.165, 1.54) is 12.1 Å². The van der Waals surface area contributed by atoms with Gasteiger partial charge in [-0.2, -0.15) is 0 Å². The maximum atomic E-state index is 13.4. The summed E-state index contributed by atoms with van der Waals surface area (Å²) in [6.07, 6.45) is 3.85. The lowest BCUT2D eigenvalue weighted by Crippen LogP contribution is -2.25. The van der Waals surface area contributed by atoms with Crippen molar-refractivity contribution < 1.29 is 8.81 Å². The minimum Gasteiger partial charge on any atom is -0.420 e. The van der Waals surface area contributed by atoms with E-state index in [-0.39, 0.29) is 17.0 Å². The normalized spacial score (nSPS) is 22.9. The molecular weight excluding hydrogens is 281 g/mol. The van der Waals surface area contributed by atoms with Crippen LogP contribution in [0.4, 0.5) is 4.39 Å². The minimum atomic E-state index is -0.493. The maximum absolute atomic E-state index is 13.4. The van der Waals surface area contributed by atoms with Crippen molar-refractivity contribution >= 4 is 11.6 Å². The Balaban J connectivity index is 1.81. The molecule has 1 aromatic carbocycles. The average Bonchev–Trinajstić information content (AvgIpc) is 2.92. The molecule has 0 bridgehead atoms. The van der Waals surface area contributed by atoms with Gasteiger partial charge in [0.2, 0.25) is 11.8 Å².